The summed E-state index contributed by atoms with van der Waals surface area (Å²) in [7, 11) is 5.53. The number of ether oxygens (including phenoxy) is 1. The number of imidazole rings is 1. The molecular formula is C27H29N5O2S. The Balaban J connectivity index is 1.56. The van der Waals surface area contributed by atoms with Gasteiger partial charge in [-0.05, 0) is 49.1 Å². The summed E-state index contributed by atoms with van der Waals surface area (Å²) in [6.45, 7) is 8.85. The molecule has 0 aliphatic carbocycles. The molecule has 3 heterocycles. The zero-order valence-corrected chi connectivity index (χ0v) is 21.5. The Morgan fingerprint density at radius 2 is 1.97 bits per heavy atom. The van der Waals surface area contributed by atoms with E-state index in [1.54, 1.807) is 7.11 Å². The van der Waals surface area contributed by atoms with E-state index in [9.17, 15) is 4.79 Å². The molecule has 2 aromatic heterocycles. The summed E-state index contributed by atoms with van der Waals surface area (Å²) in [5, 5.41) is 0.798. The van der Waals surface area contributed by atoms with Crippen molar-refractivity contribution in [3.8, 4) is 16.2 Å². The number of hydrogen-bond donors (Lipinski definition) is 1. The Hall–Kier alpha value is -3.65. The van der Waals surface area contributed by atoms with E-state index in [0.717, 1.165) is 43.8 Å². The van der Waals surface area contributed by atoms with Gasteiger partial charge in [0.1, 0.15) is 17.3 Å². The van der Waals surface area contributed by atoms with Crippen LogP contribution in [0.15, 0.2) is 48.6 Å². The lowest BCUT2D eigenvalue weighted by molar-refractivity contribution is 0.0728. The van der Waals surface area contributed by atoms with Gasteiger partial charge in [-0.15, -0.1) is 0 Å². The smallest absolute Gasteiger partial charge is 0.274 e. The number of methoxy groups -OCH3 is 1. The van der Waals surface area contributed by atoms with Crippen molar-refractivity contribution in [1.82, 2.24) is 19.9 Å². The first kappa shape index (κ1) is 23.1. The first-order valence-corrected chi connectivity index (χ1v) is 12.3. The van der Waals surface area contributed by atoms with Gasteiger partial charge in [-0.25, -0.2) is 9.97 Å². The molecule has 4 aromatic rings. The summed E-state index contributed by atoms with van der Waals surface area (Å²) in [6.07, 6.45) is 0.659. The van der Waals surface area contributed by atoms with Gasteiger partial charge in [0.2, 0.25) is 0 Å². The van der Waals surface area contributed by atoms with E-state index >= 15 is 0 Å². The monoisotopic (exact) mass is 487 g/mol. The quantitative estimate of drug-likeness (QED) is 0.375. The number of likely N-dealkylation sites (tertiary alicyclic amines) is 1. The third-order valence-corrected chi connectivity index (χ3v) is 7.78. The normalized spacial score (nSPS) is 15.7. The van der Waals surface area contributed by atoms with Crippen molar-refractivity contribution in [2.24, 2.45) is 0 Å². The molecule has 1 amide bonds. The van der Waals surface area contributed by atoms with E-state index in [0.29, 0.717) is 18.7 Å². The number of benzene rings is 2. The van der Waals surface area contributed by atoms with Gasteiger partial charge in [0.25, 0.3) is 5.91 Å². The van der Waals surface area contributed by atoms with Gasteiger partial charge in [0.15, 0.2) is 5.13 Å². The Kier molecular flexibility index (Phi) is 5.84. The fourth-order valence-corrected chi connectivity index (χ4v) is 5.39. The van der Waals surface area contributed by atoms with Gasteiger partial charge in [-0.2, -0.15) is 0 Å². The van der Waals surface area contributed by atoms with Crippen LogP contribution < -0.4 is 9.64 Å². The molecule has 0 spiro atoms. The molecule has 1 aliphatic heterocycles. The number of hydrogen-bond acceptors (Lipinski definition) is 6. The average Bonchev–Trinajstić information content (AvgIpc) is 3.55. The molecule has 1 saturated heterocycles. The number of fused-ring (bicyclic) bond motifs is 1. The van der Waals surface area contributed by atoms with Crippen LogP contribution in [0.4, 0.5) is 5.13 Å². The molecule has 1 atom stereocenters. The van der Waals surface area contributed by atoms with E-state index < -0.39 is 0 Å². The molecule has 0 saturated carbocycles. The van der Waals surface area contributed by atoms with Gasteiger partial charge in [-0.3, -0.25) is 4.79 Å². The lowest BCUT2D eigenvalue weighted by Crippen LogP contribution is -2.32. The number of aryl methyl sites for hydroxylation is 2. The Morgan fingerprint density at radius 1 is 1.17 bits per heavy atom. The van der Waals surface area contributed by atoms with Crippen LogP contribution in [-0.2, 0) is 0 Å². The molecule has 2 aromatic carbocycles. The van der Waals surface area contributed by atoms with Crippen LogP contribution in [0, 0.1) is 13.8 Å². The zero-order valence-electron chi connectivity index (χ0n) is 20.7. The van der Waals surface area contributed by atoms with Crippen molar-refractivity contribution in [1.29, 1.82) is 0 Å². The molecule has 35 heavy (non-hydrogen) atoms. The third-order valence-electron chi connectivity index (χ3n) is 6.51. The third kappa shape index (κ3) is 4.18. The standard InChI is InChI=1S/C27H29N5O2S/c1-15-11-22(25-28-20-10-9-19(34-6)13-21(20)29-25)32(14-15)26(33)23-24(35-27(30-23)31(4)5)18-8-7-16(2)17(3)12-18/h7-10,12-13,22H,1,11,14H2,2-6H3,(H,28,29). The predicted molar refractivity (Wildman–Crippen MR) is 142 cm³/mol. The first-order chi connectivity index (χ1) is 16.7. The molecule has 1 N–H and O–H groups in total. The fraction of sp³-hybridized carbons (Fsp3) is 0.296. The van der Waals surface area contributed by atoms with Crippen LogP contribution in [0.1, 0.15) is 39.9 Å². The largest absolute Gasteiger partial charge is 0.497 e. The van der Waals surface area contributed by atoms with E-state index in [2.05, 4.69) is 43.6 Å². The van der Waals surface area contributed by atoms with Crippen LogP contribution in [0.3, 0.4) is 0 Å². The number of anilines is 1. The summed E-state index contributed by atoms with van der Waals surface area (Å²) in [4.78, 5) is 31.7. The fourth-order valence-electron chi connectivity index (χ4n) is 4.41. The summed E-state index contributed by atoms with van der Waals surface area (Å²) >= 11 is 1.54. The van der Waals surface area contributed by atoms with Crippen molar-refractivity contribution in [2.75, 3.05) is 32.6 Å². The van der Waals surface area contributed by atoms with Gasteiger partial charge in [0, 0.05) is 26.7 Å². The number of aromatic nitrogens is 3. The van der Waals surface area contributed by atoms with Crippen molar-refractivity contribution in [2.45, 2.75) is 26.3 Å². The van der Waals surface area contributed by atoms with E-state index in [4.69, 9.17) is 14.7 Å². The Labute approximate surface area is 209 Å². The second kappa shape index (κ2) is 8.85. The number of aromatic amines is 1. The second-order valence-corrected chi connectivity index (χ2v) is 10.3. The van der Waals surface area contributed by atoms with Crippen LogP contribution in [-0.4, -0.2) is 53.5 Å². The molecule has 5 rings (SSSR count). The maximum atomic E-state index is 14.0. The molecule has 7 nitrogen and oxygen atoms in total. The van der Waals surface area contributed by atoms with Gasteiger partial charge in [0.05, 0.1) is 29.1 Å². The lowest BCUT2D eigenvalue weighted by atomic mass is 10.0. The van der Waals surface area contributed by atoms with Crippen LogP contribution in [0.5, 0.6) is 5.75 Å². The average molecular weight is 488 g/mol. The first-order valence-electron chi connectivity index (χ1n) is 11.5. The molecule has 0 bridgehead atoms. The molecule has 8 heteroatoms. The number of carbonyl (C=O) groups excluding carboxylic acids is 1. The second-order valence-electron chi connectivity index (χ2n) is 9.28. The van der Waals surface area contributed by atoms with Crippen molar-refractivity contribution < 1.29 is 9.53 Å². The van der Waals surface area contributed by atoms with Crippen molar-refractivity contribution in [3.63, 3.8) is 0 Å². The number of amides is 1. The number of thiazole rings is 1. The number of H-pyrrole nitrogens is 1. The topological polar surface area (TPSA) is 74.3 Å². The summed E-state index contributed by atoms with van der Waals surface area (Å²) < 4.78 is 5.35. The Bertz CT molecular complexity index is 1450. The minimum Gasteiger partial charge on any atom is -0.497 e. The highest BCUT2D eigenvalue weighted by molar-refractivity contribution is 7.19. The highest BCUT2D eigenvalue weighted by Crippen LogP contribution is 2.40. The van der Waals surface area contributed by atoms with Gasteiger partial charge >= 0.3 is 0 Å². The highest BCUT2D eigenvalue weighted by Gasteiger charge is 2.37. The maximum absolute atomic E-state index is 14.0. The van der Waals surface area contributed by atoms with E-state index in [-0.39, 0.29) is 11.9 Å². The van der Waals surface area contributed by atoms with E-state index in [1.165, 1.54) is 22.5 Å². The number of rotatable bonds is 5. The number of nitrogens with one attached hydrogen (secondary N) is 1. The van der Waals surface area contributed by atoms with Crippen LogP contribution >= 0.6 is 11.3 Å². The molecule has 1 fully saturated rings. The molecule has 0 radical (unpaired) electrons. The number of nitrogens with zero attached hydrogens (tertiary/aromatic N) is 4. The zero-order chi connectivity index (χ0) is 24.9. The summed E-state index contributed by atoms with van der Waals surface area (Å²) in [6, 6.07) is 11.8. The highest BCUT2D eigenvalue weighted by atomic mass is 32.1. The molecule has 180 valence electrons. The van der Waals surface area contributed by atoms with Crippen molar-refractivity contribution in [3.05, 3.63) is 71.2 Å². The summed E-state index contributed by atoms with van der Waals surface area (Å²) in [5.74, 6) is 1.40. The van der Waals surface area contributed by atoms with E-state index in [1.807, 2.05) is 42.1 Å². The van der Waals surface area contributed by atoms with Crippen LogP contribution in [0.25, 0.3) is 21.5 Å². The van der Waals surface area contributed by atoms with Crippen LogP contribution in [0.2, 0.25) is 0 Å². The lowest BCUT2D eigenvalue weighted by Gasteiger charge is -2.22. The molecule has 1 aliphatic rings. The predicted octanol–water partition coefficient (Wildman–Crippen LogP) is 5.52. The van der Waals surface area contributed by atoms with Gasteiger partial charge in [-0.1, -0.05) is 41.7 Å². The minimum absolute atomic E-state index is 0.107. The number of carbonyl (C=O) groups is 1. The molecule has 1 unspecified atom stereocenters. The Morgan fingerprint density at radius 3 is 2.69 bits per heavy atom. The minimum atomic E-state index is -0.231. The summed E-state index contributed by atoms with van der Waals surface area (Å²) in [5.41, 5.74) is 6.60. The SMILES string of the molecule is C=C1CC(c2nc3ccc(OC)cc3[nH]2)N(C(=O)c2nc(N(C)C)sc2-c2ccc(C)c(C)c2)C1. The van der Waals surface area contributed by atoms with Crippen molar-refractivity contribution >= 4 is 33.4 Å². The maximum Gasteiger partial charge on any atom is 0.274 e. The van der Waals surface area contributed by atoms with Gasteiger partial charge < -0.3 is 19.5 Å². The molecular weight excluding hydrogens is 458 g/mol.